The summed E-state index contributed by atoms with van der Waals surface area (Å²) in [6.45, 7) is 2.73. The summed E-state index contributed by atoms with van der Waals surface area (Å²) in [5.74, 6) is 1.30. The van der Waals surface area contributed by atoms with Gasteiger partial charge in [-0.1, -0.05) is 0 Å². The summed E-state index contributed by atoms with van der Waals surface area (Å²) in [6, 6.07) is 3.90. The molecule has 0 bridgehead atoms. The van der Waals surface area contributed by atoms with Crippen LogP contribution in [0.2, 0.25) is 0 Å². The predicted octanol–water partition coefficient (Wildman–Crippen LogP) is 1.69. The topological polar surface area (TPSA) is 65.4 Å². The minimum Gasteiger partial charge on any atom is -0.468 e. The zero-order valence-electron chi connectivity index (χ0n) is 12.4. The molecule has 112 valence electrons. The lowest BCUT2D eigenvalue weighted by molar-refractivity contribution is 0.0826. The van der Waals surface area contributed by atoms with E-state index in [1.807, 2.05) is 12.1 Å². The molecule has 3 rings (SSSR count). The van der Waals surface area contributed by atoms with Gasteiger partial charge in [0.2, 0.25) is 0 Å². The Hall–Kier alpha value is -2.08. The third kappa shape index (κ3) is 2.85. The summed E-state index contributed by atoms with van der Waals surface area (Å²) >= 11 is 0. The van der Waals surface area contributed by atoms with Crippen molar-refractivity contribution < 1.29 is 9.21 Å². The monoisotopic (exact) mass is 288 g/mol. The van der Waals surface area contributed by atoms with Crippen LogP contribution in [0, 0.1) is 0 Å². The third-order valence-electron chi connectivity index (χ3n) is 3.95. The van der Waals surface area contributed by atoms with Gasteiger partial charge in [-0.3, -0.25) is 14.8 Å². The molecule has 0 aliphatic carbocycles. The van der Waals surface area contributed by atoms with Gasteiger partial charge in [0.1, 0.15) is 5.76 Å². The molecule has 1 amide bonds. The second kappa shape index (κ2) is 5.73. The van der Waals surface area contributed by atoms with E-state index < -0.39 is 0 Å². The molecule has 1 atom stereocenters. The van der Waals surface area contributed by atoms with E-state index in [2.05, 4.69) is 15.1 Å². The lowest BCUT2D eigenvalue weighted by Crippen LogP contribution is -2.24. The normalized spacial score (nSPS) is 19.0. The van der Waals surface area contributed by atoms with Crippen LogP contribution in [0.3, 0.4) is 0 Å². The van der Waals surface area contributed by atoms with Gasteiger partial charge in [-0.25, -0.2) is 0 Å². The first-order chi connectivity index (χ1) is 10.1. The summed E-state index contributed by atoms with van der Waals surface area (Å²) in [6.07, 6.45) is 4.36. The summed E-state index contributed by atoms with van der Waals surface area (Å²) < 4.78 is 5.39. The third-order valence-corrected chi connectivity index (χ3v) is 3.95. The van der Waals surface area contributed by atoms with Crippen LogP contribution < -0.4 is 0 Å². The van der Waals surface area contributed by atoms with Crippen molar-refractivity contribution in [2.75, 3.05) is 27.2 Å². The lowest BCUT2D eigenvalue weighted by Gasteiger charge is -2.15. The largest absolute Gasteiger partial charge is 0.468 e. The van der Waals surface area contributed by atoms with Gasteiger partial charge in [-0.2, -0.15) is 5.10 Å². The quantitative estimate of drug-likeness (QED) is 0.930. The number of carbonyl (C=O) groups excluding carboxylic acids is 1. The Morgan fingerprint density at radius 1 is 1.57 bits per heavy atom. The van der Waals surface area contributed by atoms with E-state index in [1.54, 1.807) is 31.5 Å². The van der Waals surface area contributed by atoms with Crippen molar-refractivity contribution in [2.45, 2.75) is 18.9 Å². The smallest absolute Gasteiger partial charge is 0.256 e. The average Bonchev–Trinajstić information content (AvgIpc) is 3.18. The molecule has 21 heavy (non-hydrogen) atoms. The van der Waals surface area contributed by atoms with Crippen molar-refractivity contribution in [2.24, 2.45) is 0 Å². The first-order valence-corrected chi connectivity index (χ1v) is 7.15. The molecule has 0 spiro atoms. The molecule has 0 radical (unpaired) electrons. The number of nitrogens with one attached hydrogen (secondary N) is 1. The number of aromatic nitrogens is 2. The number of nitrogens with zero attached hydrogens (tertiary/aromatic N) is 3. The van der Waals surface area contributed by atoms with Gasteiger partial charge >= 0.3 is 0 Å². The van der Waals surface area contributed by atoms with Crippen molar-refractivity contribution in [1.29, 1.82) is 0 Å². The Bertz CT molecular complexity index is 603. The van der Waals surface area contributed by atoms with Gasteiger partial charge in [-0.15, -0.1) is 0 Å². The second-order valence-electron chi connectivity index (χ2n) is 5.70. The molecule has 2 aromatic heterocycles. The minimum absolute atomic E-state index is 0.00299. The fourth-order valence-electron chi connectivity index (χ4n) is 2.85. The lowest BCUT2D eigenvalue weighted by atomic mass is 10.0. The van der Waals surface area contributed by atoms with Gasteiger partial charge in [0.15, 0.2) is 0 Å². The maximum atomic E-state index is 12.2. The van der Waals surface area contributed by atoms with Crippen LogP contribution in [0.5, 0.6) is 0 Å². The molecule has 1 unspecified atom stereocenters. The summed E-state index contributed by atoms with van der Waals surface area (Å²) in [7, 11) is 3.52. The number of carbonyl (C=O) groups is 1. The fourth-order valence-corrected chi connectivity index (χ4v) is 2.85. The Morgan fingerprint density at radius 3 is 3.14 bits per heavy atom. The molecule has 1 saturated heterocycles. The highest BCUT2D eigenvalue weighted by Gasteiger charge is 2.29. The van der Waals surface area contributed by atoms with E-state index in [4.69, 9.17) is 4.42 Å². The number of hydrogen-bond donors (Lipinski definition) is 1. The second-order valence-corrected chi connectivity index (χ2v) is 5.70. The average molecular weight is 288 g/mol. The molecule has 1 aliphatic rings. The van der Waals surface area contributed by atoms with Crippen LogP contribution in [-0.2, 0) is 6.54 Å². The number of likely N-dealkylation sites (tertiary alicyclic amines) is 1. The number of amides is 1. The molecule has 0 saturated carbocycles. The van der Waals surface area contributed by atoms with E-state index in [0.29, 0.717) is 11.5 Å². The van der Waals surface area contributed by atoms with Gasteiger partial charge in [0.25, 0.3) is 5.91 Å². The van der Waals surface area contributed by atoms with Crippen molar-refractivity contribution in [3.8, 4) is 0 Å². The zero-order chi connectivity index (χ0) is 14.8. The van der Waals surface area contributed by atoms with E-state index in [0.717, 1.165) is 37.5 Å². The van der Waals surface area contributed by atoms with E-state index in [-0.39, 0.29) is 5.91 Å². The SMILES string of the molecule is CN(C)C(=O)c1cn[nH]c1C1CCN(Cc2ccco2)C1. The predicted molar refractivity (Wildman–Crippen MR) is 77.9 cm³/mol. The van der Waals surface area contributed by atoms with Gasteiger partial charge < -0.3 is 9.32 Å². The van der Waals surface area contributed by atoms with Gasteiger partial charge in [-0.05, 0) is 25.1 Å². The van der Waals surface area contributed by atoms with Crippen molar-refractivity contribution in [3.63, 3.8) is 0 Å². The number of aromatic amines is 1. The molecule has 2 aromatic rings. The number of rotatable bonds is 4. The van der Waals surface area contributed by atoms with Crippen LogP contribution >= 0.6 is 0 Å². The molecule has 1 N–H and O–H groups in total. The van der Waals surface area contributed by atoms with E-state index in [1.165, 1.54) is 0 Å². The summed E-state index contributed by atoms with van der Waals surface area (Å²) in [5.41, 5.74) is 1.64. The number of H-pyrrole nitrogens is 1. The first-order valence-electron chi connectivity index (χ1n) is 7.15. The van der Waals surface area contributed by atoms with Crippen LogP contribution in [-0.4, -0.2) is 53.1 Å². The molecule has 0 aromatic carbocycles. The summed E-state index contributed by atoms with van der Waals surface area (Å²) in [4.78, 5) is 16.1. The van der Waals surface area contributed by atoms with E-state index in [9.17, 15) is 4.79 Å². The Balaban J connectivity index is 1.69. The molecule has 1 fully saturated rings. The Morgan fingerprint density at radius 2 is 2.43 bits per heavy atom. The van der Waals surface area contributed by atoms with Crippen molar-refractivity contribution in [3.05, 3.63) is 41.6 Å². The molecule has 6 heteroatoms. The molecular formula is C15H20N4O2. The molecule has 1 aliphatic heterocycles. The zero-order valence-corrected chi connectivity index (χ0v) is 12.4. The maximum Gasteiger partial charge on any atom is 0.256 e. The molecule has 6 nitrogen and oxygen atoms in total. The molecule has 3 heterocycles. The van der Waals surface area contributed by atoms with Crippen LogP contribution in [0.4, 0.5) is 0 Å². The highest BCUT2D eigenvalue weighted by Crippen LogP contribution is 2.29. The van der Waals surface area contributed by atoms with Crippen LogP contribution in [0.15, 0.2) is 29.0 Å². The van der Waals surface area contributed by atoms with Crippen LogP contribution in [0.1, 0.15) is 34.2 Å². The van der Waals surface area contributed by atoms with Crippen molar-refractivity contribution >= 4 is 5.91 Å². The van der Waals surface area contributed by atoms with Gasteiger partial charge in [0, 0.05) is 26.6 Å². The fraction of sp³-hybridized carbons (Fsp3) is 0.467. The Kier molecular flexibility index (Phi) is 3.79. The van der Waals surface area contributed by atoms with Crippen molar-refractivity contribution in [1.82, 2.24) is 20.0 Å². The minimum atomic E-state index is 0.00299. The summed E-state index contributed by atoms with van der Waals surface area (Å²) in [5, 5.41) is 7.08. The molecular weight excluding hydrogens is 268 g/mol. The standard InChI is InChI=1S/C15H20N4O2/c1-18(2)15(20)13-8-16-17-14(13)11-5-6-19(9-11)10-12-4-3-7-21-12/h3-4,7-8,11H,5-6,9-10H2,1-2H3,(H,16,17). The number of hydrogen-bond acceptors (Lipinski definition) is 4. The first kappa shape index (κ1) is 13.9. The van der Waals surface area contributed by atoms with E-state index >= 15 is 0 Å². The van der Waals surface area contributed by atoms with Crippen LogP contribution in [0.25, 0.3) is 0 Å². The highest BCUT2D eigenvalue weighted by molar-refractivity contribution is 5.94. The maximum absolute atomic E-state index is 12.2. The highest BCUT2D eigenvalue weighted by atomic mass is 16.3. The Labute approximate surface area is 123 Å². The van der Waals surface area contributed by atoms with Gasteiger partial charge in [0.05, 0.1) is 30.3 Å². The number of furan rings is 1.